The zero-order chi connectivity index (χ0) is 24.4. The third kappa shape index (κ3) is 4.65. The van der Waals surface area contributed by atoms with E-state index in [-0.39, 0.29) is 17.8 Å². The maximum Gasteiger partial charge on any atom is 0.309 e. The van der Waals surface area contributed by atoms with Crippen LogP contribution >= 0.6 is 0 Å². The number of rotatable bonds is 5. The van der Waals surface area contributed by atoms with Crippen LogP contribution in [0.3, 0.4) is 0 Å². The fourth-order valence-electron chi connectivity index (χ4n) is 5.12. The third-order valence-corrected chi connectivity index (χ3v) is 7.01. The van der Waals surface area contributed by atoms with Crippen molar-refractivity contribution < 1.29 is 14.3 Å². The standard InChI is InChI=1S/C27H31N5O3/c1-3-35-27(34)20-8-13-31(14-9-20)25-22-17-32(15-10-23(22)28-18-29-25)26(33)21-6-7-24(19(2)16-21)30-11-4-5-12-30/h4-7,11-12,16,18,20H,3,8-10,13-15,17H2,1-2H3. The van der Waals surface area contributed by atoms with Crippen LogP contribution in [0.5, 0.6) is 0 Å². The summed E-state index contributed by atoms with van der Waals surface area (Å²) >= 11 is 0. The summed E-state index contributed by atoms with van der Waals surface area (Å²) in [5, 5.41) is 0. The molecule has 182 valence electrons. The number of hydrogen-bond donors (Lipinski definition) is 0. The van der Waals surface area contributed by atoms with Crippen LogP contribution in [0.15, 0.2) is 49.1 Å². The van der Waals surface area contributed by atoms with E-state index in [2.05, 4.69) is 19.4 Å². The number of aryl methyl sites for hydroxylation is 1. The van der Waals surface area contributed by atoms with E-state index in [1.165, 1.54) is 0 Å². The van der Waals surface area contributed by atoms with Crippen molar-refractivity contribution >= 4 is 17.7 Å². The van der Waals surface area contributed by atoms with Crippen LogP contribution in [0.1, 0.15) is 46.9 Å². The minimum Gasteiger partial charge on any atom is -0.466 e. The molecule has 1 amide bonds. The summed E-state index contributed by atoms with van der Waals surface area (Å²) in [4.78, 5) is 38.8. The van der Waals surface area contributed by atoms with Crippen molar-refractivity contribution in [3.63, 3.8) is 0 Å². The van der Waals surface area contributed by atoms with Crippen LogP contribution in [-0.2, 0) is 22.5 Å². The largest absolute Gasteiger partial charge is 0.466 e. The lowest BCUT2D eigenvalue weighted by molar-refractivity contribution is -0.148. The Bertz CT molecular complexity index is 1220. The molecule has 0 saturated carbocycles. The second-order valence-corrected chi connectivity index (χ2v) is 9.20. The monoisotopic (exact) mass is 473 g/mol. The van der Waals surface area contributed by atoms with Gasteiger partial charge in [0.1, 0.15) is 12.1 Å². The SMILES string of the molecule is CCOC(=O)C1CCN(c2ncnc3c2CN(C(=O)c2ccc(-n4cccc4)c(C)c2)CC3)CC1. The van der Waals surface area contributed by atoms with Crippen molar-refractivity contribution in [2.24, 2.45) is 5.92 Å². The van der Waals surface area contributed by atoms with Gasteiger partial charge in [-0.15, -0.1) is 0 Å². The Morgan fingerprint density at radius 2 is 1.86 bits per heavy atom. The molecule has 0 radical (unpaired) electrons. The van der Waals surface area contributed by atoms with Gasteiger partial charge in [-0.05, 0) is 62.6 Å². The predicted molar refractivity (Wildman–Crippen MR) is 133 cm³/mol. The number of benzene rings is 1. The van der Waals surface area contributed by atoms with Crippen LogP contribution in [0.25, 0.3) is 5.69 Å². The Hall–Kier alpha value is -3.68. The number of carbonyl (C=O) groups is 2. The molecule has 0 spiro atoms. The van der Waals surface area contributed by atoms with E-state index in [1.807, 2.05) is 61.5 Å². The number of ether oxygens (including phenoxy) is 1. The minimum atomic E-state index is -0.105. The highest BCUT2D eigenvalue weighted by Crippen LogP contribution is 2.30. The number of anilines is 1. The van der Waals surface area contributed by atoms with Gasteiger partial charge in [0.15, 0.2) is 0 Å². The molecule has 3 aromatic rings. The number of aromatic nitrogens is 3. The molecule has 1 saturated heterocycles. The first-order valence-electron chi connectivity index (χ1n) is 12.3. The quantitative estimate of drug-likeness (QED) is 0.527. The molecule has 2 aromatic heterocycles. The fourth-order valence-corrected chi connectivity index (χ4v) is 5.12. The van der Waals surface area contributed by atoms with Crippen molar-refractivity contribution in [2.75, 3.05) is 31.1 Å². The number of piperidine rings is 1. The summed E-state index contributed by atoms with van der Waals surface area (Å²) in [6, 6.07) is 9.85. The summed E-state index contributed by atoms with van der Waals surface area (Å²) in [5.41, 5.74) is 4.83. The fraction of sp³-hybridized carbons (Fsp3) is 0.407. The summed E-state index contributed by atoms with van der Waals surface area (Å²) in [5.74, 6) is 0.744. The van der Waals surface area contributed by atoms with Gasteiger partial charge in [-0.1, -0.05) is 0 Å². The van der Waals surface area contributed by atoms with Gasteiger partial charge in [0.25, 0.3) is 5.91 Å². The lowest BCUT2D eigenvalue weighted by Crippen LogP contribution is -2.41. The van der Waals surface area contributed by atoms with Crippen LogP contribution in [0, 0.1) is 12.8 Å². The van der Waals surface area contributed by atoms with E-state index in [1.54, 1.807) is 6.33 Å². The van der Waals surface area contributed by atoms with Crippen molar-refractivity contribution in [2.45, 2.75) is 39.7 Å². The maximum absolute atomic E-state index is 13.4. The zero-order valence-electron chi connectivity index (χ0n) is 20.3. The van der Waals surface area contributed by atoms with Gasteiger partial charge in [0, 0.05) is 55.3 Å². The Morgan fingerprint density at radius 3 is 2.57 bits per heavy atom. The number of fused-ring (bicyclic) bond motifs is 1. The van der Waals surface area contributed by atoms with E-state index in [0.29, 0.717) is 31.7 Å². The second-order valence-electron chi connectivity index (χ2n) is 9.20. The second kappa shape index (κ2) is 9.90. The van der Waals surface area contributed by atoms with Crippen molar-refractivity contribution in [1.29, 1.82) is 0 Å². The predicted octanol–water partition coefficient (Wildman–Crippen LogP) is 3.55. The Morgan fingerprint density at radius 1 is 1.09 bits per heavy atom. The molecule has 1 aromatic carbocycles. The Kier molecular flexibility index (Phi) is 6.53. The van der Waals surface area contributed by atoms with E-state index in [9.17, 15) is 9.59 Å². The van der Waals surface area contributed by atoms with E-state index < -0.39 is 0 Å². The number of nitrogens with zero attached hydrogens (tertiary/aromatic N) is 5. The normalized spacial score (nSPS) is 16.2. The molecule has 8 nitrogen and oxygen atoms in total. The van der Waals surface area contributed by atoms with Gasteiger partial charge < -0.3 is 19.1 Å². The van der Waals surface area contributed by atoms with Crippen molar-refractivity contribution in [1.82, 2.24) is 19.4 Å². The highest BCUT2D eigenvalue weighted by Gasteiger charge is 2.31. The summed E-state index contributed by atoms with van der Waals surface area (Å²) in [6.07, 6.45) is 7.81. The highest BCUT2D eigenvalue weighted by molar-refractivity contribution is 5.95. The molecular weight excluding hydrogens is 442 g/mol. The average molecular weight is 474 g/mol. The van der Waals surface area contributed by atoms with Crippen LogP contribution in [0.2, 0.25) is 0 Å². The molecule has 0 unspecified atom stereocenters. The van der Waals surface area contributed by atoms with Crippen LogP contribution in [0.4, 0.5) is 5.82 Å². The Labute approximate surface area is 205 Å². The zero-order valence-corrected chi connectivity index (χ0v) is 20.3. The van der Waals surface area contributed by atoms with Crippen molar-refractivity contribution in [3.8, 4) is 5.69 Å². The molecule has 8 heteroatoms. The average Bonchev–Trinajstić information content (AvgIpc) is 3.42. The molecule has 35 heavy (non-hydrogen) atoms. The van der Waals surface area contributed by atoms with Crippen LogP contribution < -0.4 is 4.90 Å². The highest BCUT2D eigenvalue weighted by atomic mass is 16.5. The molecule has 4 heterocycles. The first-order valence-corrected chi connectivity index (χ1v) is 12.3. The van der Waals surface area contributed by atoms with E-state index >= 15 is 0 Å². The van der Waals surface area contributed by atoms with Gasteiger partial charge in [0.05, 0.1) is 24.8 Å². The van der Waals surface area contributed by atoms with Gasteiger partial charge in [-0.2, -0.15) is 0 Å². The third-order valence-electron chi connectivity index (χ3n) is 7.01. The molecule has 0 atom stereocenters. The minimum absolute atomic E-state index is 0.0219. The lowest BCUT2D eigenvalue weighted by Gasteiger charge is -2.35. The smallest absolute Gasteiger partial charge is 0.309 e. The Balaban J connectivity index is 1.32. The summed E-state index contributed by atoms with van der Waals surface area (Å²) in [6.45, 7) is 6.87. The topological polar surface area (TPSA) is 80.6 Å². The molecule has 1 fully saturated rings. The molecule has 5 rings (SSSR count). The van der Waals surface area contributed by atoms with Gasteiger partial charge in [-0.3, -0.25) is 9.59 Å². The first kappa shape index (κ1) is 23.1. The van der Waals surface area contributed by atoms with Gasteiger partial charge in [-0.25, -0.2) is 9.97 Å². The molecule has 0 N–H and O–H groups in total. The lowest BCUT2D eigenvalue weighted by atomic mass is 9.96. The molecule has 2 aliphatic rings. The van der Waals surface area contributed by atoms with E-state index in [0.717, 1.165) is 54.3 Å². The van der Waals surface area contributed by atoms with Gasteiger partial charge in [0.2, 0.25) is 0 Å². The molecule has 0 bridgehead atoms. The van der Waals surface area contributed by atoms with Crippen LogP contribution in [-0.4, -0.2) is 57.6 Å². The number of esters is 1. The molecule has 0 aliphatic carbocycles. The first-order chi connectivity index (χ1) is 17.0. The number of carbonyl (C=O) groups excluding carboxylic acids is 2. The summed E-state index contributed by atoms with van der Waals surface area (Å²) in [7, 11) is 0. The maximum atomic E-state index is 13.4. The van der Waals surface area contributed by atoms with Crippen molar-refractivity contribution in [3.05, 3.63) is 71.4 Å². The van der Waals surface area contributed by atoms with Gasteiger partial charge >= 0.3 is 5.97 Å². The molecule has 2 aliphatic heterocycles. The number of hydrogen-bond acceptors (Lipinski definition) is 6. The number of amides is 1. The summed E-state index contributed by atoms with van der Waals surface area (Å²) < 4.78 is 7.25. The molecular formula is C27H31N5O3. The van der Waals surface area contributed by atoms with E-state index in [4.69, 9.17) is 4.74 Å².